The van der Waals surface area contributed by atoms with E-state index in [1.54, 1.807) is 0 Å². The van der Waals surface area contributed by atoms with Crippen molar-refractivity contribution < 1.29 is 37.9 Å². The second-order valence-corrected chi connectivity index (χ2v) is 18.8. The molecule has 0 saturated heterocycles. The summed E-state index contributed by atoms with van der Waals surface area (Å²) in [6, 6.07) is 52.2. The molecule has 8 aromatic carbocycles. The molecule has 0 saturated carbocycles. The molecule has 0 fully saturated rings. The predicted molar refractivity (Wildman–Crippen MR) is 308 cm³/mol. The van der Waals surface area contributed by atoms with Crippen LogP contribution in [0.15, 0.2) is 146 Å². The van der Waals surface area contributed by atoms with Crippen molar-refractivity contribution in [2.24, 2.45) is 0 Å². The van der Waals surface area contributed by atoms with Crippen LogP contribution in [0, 0.1) is 0 Å². The molecule has 1 aliphatic rings. The van der Waals surface area contributed by atoms with Crippen LogP contribution in [0.25, 0.3) is 44.5 Å². The molecule has 0 aliphatic heterocycles. The molecule has 392 valence electrons. The Kier molecular flexibility index (Phi) is 17.5. The number of fused-ring (bicyclic) bond motifs is 20. The van der Waals surface area contributed by atoms with Crippen LogP contribution in [-0.4, -0.2) is 52.9 Å². The number of hydrogen-bond donors (Lipinski definition) is 0. The summed E-state index contributed by atoms with van der Waals surface area (Å²) in [4.78, 5) is 0. The first-order valence-electron chi connectivity index (χ1n) is 27.3. The molecular weight excluding hydrogens is 945 g/mol. The fraction of sp³-hybridized carbons (Fsp3) is 0.294. The Morgan fingerprint density at radius 3 is 0.421 bits per heavy atom. The molecule has 0 aromatic heterocycles. The number of hydrogen-bond acceptors (Lipinski definition) is 8. The number of ether oxygens (including phenoxy) is 8. The van der Waals surface area contributed by atoms with Crippen molar-refractivity contribution in [2.45, 2.75) is 81.1 Å². The van der Waals surface area contributed by atoms with Crippen molar-refractivity contribution in [2.75, 3.05) is 52.9 Å². The molecule has 0 radical (unpaired) electrons. The van der Waals surface area contributed by atoms with E-state index in [1.165, 1.54) is 0 Å². The highest BCUT2D eigenvalue weighted by Crippen LogP contribution is 2.41. The summed E-state index contributed by atoms with van der Waals surface area (Å²) in [5.74, 6) is 6.76. The van der Waals surface area contributed by atoms with Crippen LogP contribution >= 0.6 is 0 Å². The first-order chi connectivity index (χ1) is 37.3. The van der Waals surface area contributed by atoms with E-state index >= 15 is 0 Å². The normalized spacial score (nSPS) is 11.9. The molecule has 0 unspecified atom stereocenters. The minimum atomic E-state index is 0.543. The largest absolute Gasteiger partial charge is 0.494 e. The molecule has 9 rings (SSSR count). The van der Waals surface area contributed by atoms with E-state index in [9.17, 15) is 0 Å². The van der Waals surface area contributed by atoms with Crippen LogP contribution in [0.1, 0.15) is 99.9 Å². The van der Waals surface area contributed by atoms with Crippen molar-refractivity contribution in [3.8, 4) is 90.5 Å². The van der Waals surface area contributed by atoms with Crippen LogP contribution < -0.4 is 37.9 Å². The van der Waals surface area contributed by atoms with Crippen LogP contribution in [0.4, 0.5) is 0 Å². The zero-order valence-electron chi connectivity index (χ0n) is 45.6. The molecule has 1 aliphatic carbocycles. The quantitative estimate of drug-likeness (QED) is 0.0948. The Morgan fingerprint density at radius 2 is 0.316 bits per heavy atom. The molecule has 8 heteroatoms. The van der Waals surface area contributed by atoms with Crippen molar-refractivity contribution in [3.63, 3.8) is 0 Å². The van der Waals surface area contributed by atoms with Gasteiger partial charge < -0.3 is 37.9 Å². The highest BCUT2D eigenvalue weighted by atomic mass is 16.5. The summed E-state index contributed by atoms with van der Waals surface area (Å²) >= 11 is 0. The van der Waals surface area contributed by atoms with Crippen molar-refractivity contribution in [1.29, 1.82) is 0 Å². The van der Waals surface area contributed by atoms with E-state index < -0.39 is 0 Å². The lowest BCUT2D eigenvalue weighted by molar-refractivity contribution is 0.333. The van der Waals surface area contributed by atoms with Crippen molar-refractivity contribution in [3.05, 3.63) is 190 Å². The molecule has 8 aromatic rings. The number of benzene rings is 8. The van der Waals surface area contributed by atoms with Crippen LogP contribution in [0.5, 0.6) is 46.0 Å². The van der Waals surface area contributed by atoms with Crippen molar-refractivity contribution in [1.82, 2.24) is 0 Å². The summed E-state index contributed by atoms with van der Waals surface area (Å²) in [5, 5.41) is 0. The average molecular weight is 1020 g/mol. The SMILES string of the molecule is CCOc1ccc2cc1Cc1cc(ccc1OCC)-c1ccc(OCC)c(c1)Cc1cc(ccc1OCC)-c1ccc(OCC)c(c1)Cc1cc(ccc1OCC)-c1ccc(OCC)c(c1)Cc1cc-2ccc1OCC. The lowest BCUT2D eigenvalue weighted by Gasteiger charge is -2.19. The zero-order valence-corrected chi connectivity index (χ0v) is 45.6. The van der Waals surface area contributed by atoms with Gasteiger partial charge in [0, 0.05) is 25.7 Å². The van der Waals surface area contributed by atoms with E-state index in [0.717, 1.165) is 135 Å². The van der Waals surface area contributed by atoms with E-state index in [2.05, 4.69) is 146 Å². The minimum absolute atomic E-state index is 0.543. The summed E-state index contributed by atoms with van der Waals surface area (Å²) in [6.07, 6.45) is 2.37. The standard InChI is InChI=1S/C68H72O8/c1-9-69-61-25-17-45-33-53(61)41-54-34-47(19-26-62(54)70-10-2)48-20-28-64(72-12-4)56(36-48)43-58-38-51(23-30-66(58)74-14-6)52-24-32-68(76-16-8)60(40-52)44-59-39-50(22-31-67(59)75-15-7)49-21-29-65(73-13-5)57(37-49)42-55-35-46(45)18-27-63(55)71-11-3/h17-40H,9-16,41-44H2,1-8H3. The van der Waals surface area contributed by atoms with E-state index in [0.29, 0.717) is 78.5 Å². The molecule has 0 spiro atoms. The second kappa shape index (κ2) is 25.1. The highest BCUT2D eigenvalue weighted by Gasteiger charge is 2.20. The second-order valence-electron chi connectivity index (χ2n) is 18.8. The summed E-state index contributed by atoms with van der Waals surface area (Å²) in [7, 11) is 0. The van der Waals surface area contributed by atoms with Gasteiger partial charge in [-0.3, -0.25) is 0 Å². The van der Waals surface area contributed by atoms with Crippen molar-refractivity contribution >= 4 is 0 Å². The first-order valence-corrected chi connectivity index (χ1v) is 27.3. The number of rotatable bonds is 16. The Bertz CT molecular complexity index is 2630. The van der Waals surface area contributed by atoms with Gasteiger partial charge in [0.25, 0.3) is 0 Å². The highest BCUT2D eigenvalue weighted by molar-refractivity contribution is 5.74. The van der Waals surface area contributed by atoms with Crippen LogP contribution in [0.3, 0.4) is 0 Å². The lowest BCUT2D eigenvalue weighted by Crippen LogP contribution is -2.03. The predicted octanol–water partition coefficient (Wildman–Crippen LogP) is 16.2. The van der Waals surface area contributed by atoms with Gasteiger partial charge in [-0.2, -0.15) is 0 Å². The molecule has 0 atom stereocenters. The summed E-state index contributed by atoms with van der Waals surface area (Å²) < 4.78 is 50.9. The topological polar surface area (TPSA) is 73.8 Å². The zero-order chi connectivity index (χ0) is 53.0. The van der Waals surface area contributed by atoms with Gasteiger partial charge in [-0.1, -0.05) is 48.5 Å². The summed E-state index contributed by atoms with van der Waals surface area (Å²) in [6.45, 7) is 20.6. The van der Waals surface area contributed by atoms with Gasteiger partial charge in [0.05, 0.1) is 52.9 Å². The average Bonchev–Trinajstić information content (AvgIpc) is 3.42. The maximum absolute atomic E-state index is 6.36. The molecule has 16 bridgehead atoms. The van der Waals surface area contributed by atoms with Gasteiger partial charge in [-0.15, -0.1) is 0 Å². The van der Waals surface area contributed by atoms with Gasteiger partial charge in [0.1, 0.15) is 46.0 Å². The van der Waals surface area contributed by atoms with Crippen LogP contribution in [0.2, 0.25) is 0 Å². The first kappa shape index (κ1) is 53.0. The van der Waals surface area contributed by atoms with E-state index in [-0.39, 0.29) is 0 Å². The molecule has 8 nitrogen and oxygen atoms in total. The van der Waals surface area contributed by atoms with E-state index in [1.807, 2.05) is 55.4 Å². The van der Waals surface area contributed by atoms with E-state index in [4.69, 9.17) is 37.9 Å². The van der Waals surface area contributed by atoms with Gasteiger partial charge in [-0.05, 0) is 241 Å². The fourth-order valence-corrected chi connectivity index (χ4v) is 10.4. The molecule has 0 amide bonds. The maximum atomic E-state index is 6.36. The molecule has 0 heterocycles. The van der Waals surface area contributed by atoms with Crippen LogP contribution in [-0.2, 0) is 25.7 Å². The smallest absolute Gasteiger partial charge is 0.122 e. The maximum Gasteiger partial charge on any atom is 0.122 e. The monoisotopic (exact) mass is 1020 g/mol. The Labute approximate surface area is 450 Å². The molecule has 76 heavy (non-hydrogen) atoms. The lowest BCUT2D eigenvalue weighted by atomic mass is 9.91. The third-order valence-corrected chi connectivity index (χ3v) is 13.7. The molecule has 0 N–H and O–H groups in total. The third-order valence-electron chi connectivity index (χ3n) is 13.7. The van der Waals surface area contributed by atoms with Gasteiger partial charge in [-0.25, -0.2) is 0 Å². The third kappa shape index (κ3) is 12.1. The van der Waals surface area contributed by atoms with Gasteiger partial charge >= 0.3 is 0 Å². The fourth-order valence-electron chi connectivity index (χ4n) is 10.4. The minimum Gasteiger partial charge on any atom is -0.494 e. The van der Waals surface area contributed by atoms with Gasteiger partial charge in [0.15, 0.2) is 0 Å². The summed E-state index contributed by atoms with van der Waals surface area (Å²) in [5.41, 5.74) is 17.2. The molecular formula is C68H72O8. The van der Waals surface area contributed by atoms with Gasteiger partial charge in [0.2, 0.25) is 0 Å². The Balaban J connectivity index is 1.26. The Morgan fingerprint density at radius 1 is 0.197 bits per heavy atom. The Hall–Kier alpha value is -7.84.